The Morgan fingerprint density at radius 3 is 2.78 bits per heavy atom. The molecule has 0 saturated carbocycles. The van der Waals surface area contributed by atoms with E-state index < -0.39 is 0 Å². The van der Waals surface area contributed by atoms with E-state index in [4.69, 9.17) is 0 Å². The first-order valence-electron chi connectivity index (χ1n) is 9.69. The van der Waals surface area contributed by atoms with Gasteiger partial charge in [-0.3, -0.25) is 14.4 Å². The van der Waals surface area contributed by atoms with Crippen molar-refractivity contribution >= 4 is 22.6 Å². The molecule has 1 fully saturated rings. The quantitative estimate of drug-likeness (QED) is 0.726. The van der Waals surface area contributed by atoms with Crippen molar-refractivity contribution < 1.29 is 4.79 Å². The number of aryl methyl sites for hydroxylation is 2. The SMILES string of the molecule is CCn1nc(C(=O)Nc2ccc3nc(CN4CCCCC4)[nH]c3c2)cc1C. The Hall–Kier alpha value is -2.67. The summed E-state index contributed by atoms with van der Waals surface area (Å²) in [5.74, 6) is 0.783. The number of nitrogens with zero attached hydrogens (tertiary/aromatic N) is 4. The summed E-state index contributed by atoms with van der Waals surface area (Å²) in [5, 5.41) is 7.27. The number of anilines is 1. The number of carbonyl (C=O) groups is 1. The molecule has 1 aliphatic heterocycles. The summed E-state index contributed by atoms with van der Waals surface area (Å²) >= 11 is 0. The number of likely N-dealkylation sites (tertiary alicyclic amines) is 1. The van der Waals surface area contributed by atoms with Crippen LogP contribution < -0.4 is 5.32 Å². The molecule has 0 spiro atoms. The number of hydrogen-bond acceptors (Lipinski definition) is 4. The minimum absolute atomic E-state index is 0.197. The van der Waals surface area contributed by atoms with Gasteiger partial charge in [-0.05, 0) is 64.0 Å². The van der Waals surface area contributed by atoms with Crippen LogP contribution in [-0.4, -0.2) is 43.6 Å². The highest BCUT2D eigenvalue weighted by molar-refractivity contribution is 6.03. The second-order valence-corrected chi connectivity index (χ2v) is 7.19. The number of carbonyl (C=O) groups excluding carboxylic acids is 1. The van der Waals surface area contributed by atoms with Gasteiger partial charge in [0.2, 0.25) is 0 Å². The van der Waals surface area contributed by atoms with Crippen LogP contribution in [0.5, 0.6) is 0 Å². The molecule has 27 heavy (non-hydrogen) atoms. The largest absolute Gasteiger partial charge is 0.341 e. The first-order valence-corrected chi connectivity index (χ1v) is 9.69. The fourth-order valence-electron chi connectivity index (χ4n) is 3.68. The van der Waals surface area contributed by atoms with Crippen LogP contribution in [-0.2, 0) is 13.1 Å². The summed E-state index contributed by atoms with van der Waals surface area (Å²) in [7, 11) is 0. The van der Waals surface area contributed by atoms with E-state index in [-0.39, 0.29) is 5.91 Å². The third-order valence-corrected chi connectivity index (χ3v) is 5.12. The summed E-state index contributed by atoms with van der Waals surface area (Å²) in [6.07, 6.45) is 3.86. The lowest BCUT2D eigenvalue weighted by molar-refractivity contribution is 0.102. The summed E-state index contributed by atoms with van der Waals surface area (Å²) in [6, 6.07) is 7.57. The van der Waals surface area contributed by atoms with E-state index in [1.54, 1.807) is 0 Å². The van der Waals surface area contributed by atoms with Crippen molar-refractivity contribution in [3.63, 3.8) is 0 Å². The van der Waals surface area contributed by atoms with Gasteiger partial charge in [0.05, 0.1) is 17.6 Å². The fraction of sp³-hybridized carbons (Fsp3) is 0.450. The highest BCUT2D eigenvalue weighted by Gasteiger charge is 2.14. The molecule has 7 heteroatoms. The summed E-state index contributed by atoms with van der Waals surface area (Å²) in [6.45, 7) is 7.84. The lowest BCUT2D eigenvalue weighted by Crippen LogP contribution is -2.29. The Labute approximate surface area is 158 Å². The predicted molar refractivity (Wildman–Crippen MR) is 106 cm³/mol. The molecular formula is C20H26N6O. The zero-order valence-electron chi connectivity index (χ0n) is 16.0. The molecule has 0 aliphatic carbocycles. The maximum atomic E-state index is 12.5. The Morgan fingerprint density at radius 2 is 2.04 bits per heavy atom. The van der Waals surface area contributed by atoms with Gasteiger partial charge in [-0.15, -0.1) is 0 Å². The standard InChI is InChI=1S/C20H26N6O/c1-3-26-14(2)11-18(24-26)20(27)21-15-7-8-16-17(12-15)23-19(22-16)13-25-9-5-4-6-10-25/h7-8,11-12H,3-6,9-10,13H2,1-2H3,(H,21,27)(H,22,23). The van der Waals surface area contributed by atoms with Crippen LogP contribution >= 0.6 is 0 Å². The Morgan fingerprint density at radius 1 is 1.22 bits per heavy atom. The minimum Gasteiger partial charge on any atom is -0.341 e. The van der Waals surface area contributed by atoms with E-state index in [0.29, 0.717) is 5.69 Å². The second-order valence-electron chi connectivity index (χ2n) is 7.19. The normalized spacial score (nSPS) is 15.3. The summed E-state index contributed by atoms with van der Waals surface area (Å²) in [5.41, 5.74) is 4.02. The van der Waals surface area contributed by atoms with Gasteiger partial charge in [0.1, 0.15) is 5.82 Å². The number of amides is 1. The van der Waals surface area contributed by atoms with Gasteiger partial charge in [-0.25, -0.2) is 4.98 Å². The number of benzene rings is 1. The molecule has 1 amide bonds. The topological polar surface area (TPSA) is 78.8 Å². The van der Waals surface area contributed by atoms with Gasteiger partial charge in [0.15, 0.2) is 5.69 Å². The number of aromatic amines is 1. The molecular weight excluding hydrogens is 340 g/mol. The first-order chi connectivity index (χ1) is 13.1. The highest BCUT2D eigenvalue weighted by atomic mass is 16.1. The Bertz CT molecular complexity index is 951. The van der Waals surface area contributed by atoms with Gasteiger partial charge in [0.25, 0.3) is 5.91 Å². The number of nitrogens with one attached hydrogen (secondary N) is 2. The van der Waals surface area contributed by atoms with Crippen LogP contribution in [0.1, 0.15) is 48.2 Å². The van der Waals surface area contributed by atoms with Crippen molar-refractivity contribution in [1.29, 1.82) is 0 Å². The lowest BCUT2D eigenvalue weighted by Gasteiger charge is -2.25. The average molecular weight is 366 g/mol. The molecule has 142 valence electrons. The van der Waals surface area contributed by atoms with Gasteiger partial charge in [-0.1, -0.05) is 6.42 Å². The van der Waals surface area contributed by atoms with E-state index in [1.165, 1.54) is 19.3 Å². The molecule has 0 bridgehead atoms. The first kappa shape index (κ1) is 17.7. The van der Waals surface area contributed by atoms with Crippen molar-refractivity contribution in [2.75, 3.05) is 18.4 Å². The third-order valence-electron chi connectivity index (χ3n) is 5.12. The van der Waals surface area contributed by atoms with Gasteiger partial charge >= 0.3 is 0 Å². The lowest BCUT2D eigenvalue weighted by atomic mass is 10.1. The molecule has 0 radical (unpaired) electrons. The fourth-order valence-corrected chi connectivity index (χ4v) is 3.68. The number of imidazole rings is 1. The van der Waals surface area contributed by atoms with E-state index in [0.717, 1.165) is 54.4 Å². The van der Waals surface area contributed by atoms with Crippen molar-refractivity contribution in [2.24, 2.45) is 0 Å². The zero-order chi connectivity index (χ0) is 18.8. The Kier molecular flexibility index (Phi) is 4.94. The van der Waals surface area contributed by atoms with Gasteiger partial charge in [0, 0.05) is 17.9 Å². The van der Waals surface area contributed by atoms with Crippen molar-refractivity contribution in [3.8, 4) is 0 Å². The molecule has 0 atom stereocenters. The zero-order valence-corrected chi connectivity index (χ0v) is 16.0. The smallest absolute Gasteiger partial charge is 0.276 e. The van der Waals surface area contributed by atoms with Crippen molar-refractivity contribution in [1.82, 2.24) is 24.6 Å². The molecule has 2 N–H and O–H groups in total. The third kappa shape index (κ3) is 3.88. The second kappa shape index (κ2) is 7.52. The molecule has 3 heterocycles. The Balaban J connectivity index is 1.48. The van der Waals surface area contributed by atoms with Crippen LogP contribution in [0.4, 0.5) is 5.69 Å². The monoisotopic (exact) mass is 366 g/mol. The molecule has 1 saturated heterocycles. The van der Waals surface area contributed by atoms with Crippen LogP contribution in [0.3, 0.4) is 0 Å². The minimum atomic E-state index is -0.197. The summed E-state index contributed by atoms with van der Waals surface area (Å²) < 4.78 is 1.82. The van der Waals surface area contributed by atoms with E-state index in [2.05, 4.69) is 25.3 Å². The number of rotatable bonds is 5. The molecule has 2 aromatic heterocycles. The van der Waals surface area contributed by atoms with Gasteiger partial charge in [-0.2, -0.15) is 5.10 Å². The van der Waals surface area contributed by atoms with Gasteiger partial charge < -0.3 is 10.3 Å². The predicted octanol–water partition coefficient (Wildman–Crippen LogP) is 3.33. The van der Waals surface area contributed by atoms with Crippen LogP contribution in [0, 0.1) is 6.92 Å². The number of aromatic nitrogens is 4. The number of fused-ring (bicyclic) bond motifs is 1. The van der Waals surface area contributed by atoms with Crippen LogP contribution in [0.2, 0.25) is 0 Å². The number of piperidine rings is 1. The maximum Gasteiger partial charge on any atom is 0.276 e. The number of H-pyrrole nitrogens is 1. The molecule has 7 nitrogen and oxygen atoms in total. The van der Waals surface area contributed by atoms with E-state index >= 15 is 0 Å². The molecule has 3 aromatic rings. The molecule has 0 unspecified atom stereocenters. The molecule has 4 rings (SSSR count). The highest BCUT2D eigenvalue weighted by Crippen LogP contribution is 2.20. The van der Waals surface area contributed by atoms with Crippen molar-refractivity contribution in [3.05, 3.63) is 41.5 Å². The molecule has 1 aliphatic rings. The summed E-state index contributed by atoms with van der Waals surface area (Å²) in [4.78, 5) is 23.0. The van der Waals surface area contributed by atoms with Crippen LogP contribution in [0.15, 0.2) is 24.3 Å². The average Bonchev–Trinajstić information content (AvgIpc) is 3.24. The van der Waals surface area contributed by atoms with Crippen LogP contribution in [0.25, 0.3) is 11.0 Å². The van der Waals surface area contributed by atoms with E-state index in [9.17, 15) is 4.79 Å². The molecule has 1 aromatic carbocycles. The number of hydrogen-bond donors (Lipinski definition) is 2. The van der Waals surface area contributed by atoms with E-state index in [1.807, 2.05) is 42.8 Å². The van der Waals surface area contributed by atoms with Crippen molar-refractivity contribution in [2.45, 2.75) is 46.2 Å². The maximum absolute atomic E-state index is 12.5.